The van der Waals surface area contributed by atoms with Gasteiger partial charge in [-0.05, 0) is 0 Å². The standard InChI is InChI=1S/C8H15BrSe/c1-3-4-5-6-7-8(9)10-2/h7H,3-6H2,1-2H3/b8-7-. The van der Waals surface area contributed by atoms with Crippen LogP contribution in [0.15, 0.2) is 9.46 Å². The molecule has 0 heterocycles. The van der Waals surface area contributed by atoms with Crippen molar-refractivity contribution in [1.29, 1.82) is 0 Å². The van der Waals surface area contributed by atoms with E-state index in [1.807, 2.05) is 0 Å². The summed E-state index contributed by atoms with van der Waals surface area (Å²) in [4.78, 5) is 0. The van der Waals surface area contributed by atoms with Gasteiger partial charge in [-0.15, -0.1) is 0 Å². The summed E-state index contributed by atoms with van der Waals surface area (Å²) in [6, 6.07) is 0. The van der Waals surface area contributed by atoms with Crippen LogP contribution in [0.1, 0.15) is 32.6 Å². The molecule has 0 aromatic heterocycles. The zero-order valence-electron chi connectivity index (χ0n) is 6.69. The van der Waals surface area contributed by atoms with Crippen LogP contribution in [0.25, 0.3) is 0 Å². The van der Waals surface area contributed by atoms with Gasteiger partial charge in [-0.3, -0.25) is 0 Å². The molecule has 0 rings (SSSR count). The van der Waals surface area contributed by atoms with E-state index in [0.717, 1.165) is 0 Å². The van der Waals surface area contributed by atoms with Gasteiger partial charge in [-0.2, -0.15) is 0 Å². The average Bonchev–Trinajstić information content (AvgIpc) is 1.98. The van der Waals surface area contributed by atoms with Crippen molar-refractivity contribution in [3.63, 3.8) is 0 Å². The van der Waals surface area contributed by atoms with Crippen molar-refractivity contribution >= 4 is 30.9 Å². The Labute approximate surface area is 78.8 Å². The van der Waals surface area contributed by atoms with Gasteiger partial charge in [0, 0.05) is 0 Å². The van der Waals surface area contributed by atoms with Gasteiger partial charge in [0.25, 0.3) is 0 Å². The van der Waals surface area contributed by atoms with Crippen LogP contribution < -0.4 is 0 Å². The second-order valence-corrected chi connectivity index (χ2v) is 6.02. The summed E-state index contributed by atoms with van der Waals surface area (Å²) in [5.41, 5.74) is 0. The van der Waals surface area contributed by atoms with Crippen molar-refractivity contribution in [2.24, 2.45) is 0 Å². The summed E-state index contributed by atoms with van der Waals surface area (Å²) in [5.74, 6) is 2.23. The van der Waals surface area contributed by atoms with Gasteiger partial charge >= 0.3 is 78.8 Å². The quantitative estimate of drug-likeness (QED) is 0.529. The van der Waals surface area contributed by atoms with Gasteiger partial charge in [0.05, 0.1) is 0 Å². The molecule has 0 aromatic carbocycles. The van der Waals surface area contributed by atoms with Gasteiger partial charge in [-0.25, -0.2) is 0 Å². The molecule has 0 amide bonds. The summed E-state index contributed by atoms with van der Waals surface area (Å²) in [6.45, 7) is 2.24. The SMILES string of the molecule is CCCCC/C=C(/Br)[Se]C. The van der Waals surface area contributed by atoms with Gasteiger partial charge in [0.15, 0.2) is 0 Å². The Morgan fingerprint density at radius 3 is 2.70 bits per heavy atom. The predicted octanol–water partition coefficient (Wildman–Crippen LogP) is 3.56. The molecule has 0 unspecified atom stereocenters. The Kier molecular flexibility index (Phi) is 8.42. The van der Waals surface area contributed by atoms with Gasteiger partial charge in [0.2, 0.25) is 0 Å². The summed E-state index contributed by atoms with van der Waals surface area (Å²) in [5, 5.41) is 0. The van der Waals surface area contributed by atoms with E-state index in [2.05, 4.69) is 34.8 Å². The second kappa shape index (κ2) is 7.84. The molecule has 0 aromatic rings. The number of allylic oxidation sites excluding steroid dienone is 1. The van der Waals surface area contributed by atoms with Crippen molar-refractivity contribution in [2.75, 3.05) is 0 Å². The molecule has 0 saturated heterocycles. The Hall–Kier alpha value is 0.739. The summed E-state index contributed by atoms with van der Waals surface area (Å²) < 4.78 is 1.41. The summed E-state index contributed by atoms with van der Waals surface area (Å²) in [6.07, 6.45) is 7.61. The van der Waals surface area contributed by atoms with Crippen LogP contribution in [-0.2, 0) is 0 Å². The zero-order valence-corrected chi connectivity index (χ0v) is 9.99. The van der Waals surface area contributed by atoms with Crippen LogP contribution in [0, 0.1) is 0 Å². The Morgan fingerprint density at radius 1 is 1.50 bits per heavy atom. The van der Waals surface area contributed by atoms with E-state index in [4.69, 9.17) is 0 Å². The van der Waals surface area contributed by atoms with Crippen molar-refractivity contribution in [2.45, 2.75) is 38.4 Å². The number of hydrogen-bond donors (Lipinski definition) is 0. The van der Waals surface area contributed by atoms with E-state index in [1.54, 1.807) is 0 Å². The molecule has 0 N–H and O–H groups in total. The predicted molar refractivity (Wildman–Crippen MR) is 52.8 cm³/mol. The van der Waals surface area contributed by atoms with Crippen LogP contribution >= 0.6 is 15.9 Å². The molecule has 0 aliphatic rings. The molecule has 0 bridgehead atoms. The Balaban J connectivity index is 3.16. The summed E-state index contributed by atoms with van der Waals surface area (Å²) in [7, 11) is 0. The maximum atomic E-state index is 3.52. The van der Waals surface area contributed by atoms with Crippen LogP contribution in [0.2, 0.25) is 5.82 Å². The van der Waals surface area contributed by atoms with Crippen molar-refractivity contribution < 1.29 is 0 Å². The molecule has 10 heavy (non-hydrogen) atoms. The fourth-order valence-corrected chi connectivity index (χ4v) is 1.52. The molecular weight excluding hydrogens is 255 g/mol. The van der Waals surface area contributed by atoms with Crippen LogP contribution in [0.5, 0.6) is 0 Å². The normalized spacial score (nSPS) is 12.1. The summed E-state index contributed by atoms with van der Waals surface area (Å²) >= 11 is 4.18. The zero-order chi connectivity index (χ0) is 7.82. The first kappa shape index (κ1) is 10.7. The van der Waals surface area contributed by atoms with Crippen LogP contribution in [-0.4, -0.2) is 15.0 Å². The van der Waals surface area contributed by atoms with E-state index in [-0.39, 0.29) is 0 Å². The minimum absolute atomic E-state index is 0.659. The molecular formula is C8H15BrSe. The third-order valence-corrected chi connectivity index (χ3v) is 4.48. The van der Waals surface area contributed by atoms with Crippen molar-refractivity contribution in [1.82, 2.24) is 0 Å². The third-order valence-electron chi connectivity index (χ3n) is 1.31. The van der Waals surface area contributed by atoms with E-state index in [0.29, 0.717) is 15.0 Å². The molecule has 0 atom stereocenters. The molecule has 60 valence electrons. The Morgan fingerprint density at radius 2 is 2.20 bits per heavy atom. The van der Waals surface area contributed by atoms with E-state index in [9.17, 15) is 0 Å². The van der Waals surface area contributed by atoms with Crippen molar-refractivity contribution in [3.05, 3.63) is 9.46 Å². The molecule has 0 spiro atoms. The third kappa shape index (κ3) is 6.85. The van der Waals surface area contributed by atoms with Gasteiger partial charge in [0.1, 0.15) is 0 Å². The van der Waals surface area contributed by atoms with E-state index >= 15 is 0 Å². The van der Waals surface area contributed by atoms with Crippen LogP contribution in [0.3, 0.4) is 0 Å². The van der Waals surface area contributed by atoms with E-state index < -0.39 is 0 Å². The van der Waals surface area contributed by atoms with E-state index in [1.165, 1.54) is 29.1 Å². The number of halogens is 1. The molecule has 2 heteroatoms. The molecule has 0 nitrogen and oxygen atoms in total. The van der Waals surface area contributed by atoms with Crippen LogP contribution in [0.4, 0.5) is 0 Å². The first-order valence-electron chi connectivity index (χ1n) is 3.71. The first-order valence-corrected chi connectivity index (χ1v) is 7.07. The average molecular weight is 270 g/mol. The monoisotopic (exact) mass is 270 g/mol. The molecule has 0 fully saturated rings. The van der Waals surface area contributed by atoms with Gasteiger partial charge < -0.3 is 0 Å². The second-order valence-electron chi connectivity index (χ2n) is 2.21. The number of hydrogen-bond acceptors (Lipinski definition) is 0. The fourth-order valence-electron chi connectivity index (χ4n) is 0.693. The minimum atomic E-state index is 0.659. The van der Waals surface area contributed by atoms with Crippen molar-refractivity contribution in [3.8, 4) is 0 Å². The molecule has 0 aliphatic heterocycles. The number of rotatable bonds is 5. The Bertz CT molecular complexity index is 99.4. The first-order chi connectivity index (χ1) is 4.81. The number of unbranched alkanes of at least 4 members (excludes halogenated alkanes) is 3. The molecule has 0 aliphatic carbocycles. The fraction of sp³-hybridized carbons (Fsp3) is 0.750. The molecule has 0 saturated carbocycles. The van der Waals surface area contributed by atoms with Gasteiger partial charge in [-0.1, -0.05) is 0 Å². The maximum absolute atomic E-state index is 3.52. The topological polar surface area (TPSA) is 0 Å². The molecule has 0 radical (unpaired) electrons.